The number of hydrogen-bond donors (Lipinski definition) is 0. The van der Waals surface area contributed by atoms with Gasteiger partial charge in [0.15, 0.2) is 0 Å². The molecular weight excluding hydrogens is 297 g/mol. The topological polar surface area (TPSA) is 38.1 Å². The number of carbonyl (C=O) groups excluding carboxylic acids is 1. The van der Waals surface area contributed by atoms with Crippen LogP contribution in [0.3, 0.4) is 0 Å². The van der Waals surface area contributed by atoms with Gasteiger partial charge in [0.1, 0.15) is 5.82 Å². The quantitative estimate of drug-likeness (QED) is 0.799. The van der Waals surface area contributed by atoms with Crippen LogP contribution in [0.5, 0.6) is 0 Å². The fourth-order valence-electron chi connectivity index (χ4n) is 2.84. The van der Waals surface area contributed by atoms with E-state index in [4.69, 9.17) is 23.2 Å². The van der Waals surface area contributed by atoms with Crippen molar-refractivity contribution in [1.82, 2.24) is 14.5 Å². The second-order valence-electron chi connectivity index (χ2n) is 5.11. The summed E-state index contributed by atoms with van der Waals surface area (Å²) in [5.41, 5.74) is 1.77. The zero-order valence-electron chi connectivity index (χ0n) is 11.1. The number of halogens is 2. The van der Waals surface area contributed by atoms with E-state index < -0.39 is 0 Å². The van der Waals surface area contributed by atoms with Gasteiger partial charge in [0.05, 0.1) is 28.0 Å². The Morgan fingerprint density at radius 2 is 2.25 bits per heavy atom. The molecule has 1 fully saturated rings. The van der Waals surface area contributed by atoms with Crippen LogP contribution in [-0.2, 0) is 10.7 Å². The van der Waals surface area contributed by atoms with E-state index in [2.05, 4.69) is 9.55 Å². The number of hydrogen-bond acceptors (Lipinski definition) is 2. The molecule has 1 saturated heterocycles. The molecule has 0 saturated carbocycles. The molecule has 1 aromatic carbocycles. The van der Waals surface area contributed by atoms with E-state index in [0.717, 1.165) is 23.3 Å². The van der Waals surface area contributed by atoms with Gasteiger partial charge in [-0.25, -0.2) is 4.98 Å². The first-order chi connectivity index (χ1) is 9.61. The van der Waals surface area contributed by atoms with E-state index >= 15 is 0 Å². The Morgan fingerprint density at radius 3 is 2.95 bits per heavy atom. The van der Waals surface area contributed by atoms with Crippen LogP contribution >= 0.6 is 23.2 Å². The molecule has 2 aromatic rings. The summed E-state index contributed by atoms with van der Waals surface area (Å²) >= 11 is 12.4. The molecule has 6 heteroatoms. The van der Waals surface area contributed by atoms with Gasteiger partial charge in [0.25, 0.3) is 0 Å². The van der Waals surface area contributed by atoms with Crippen LogP contribution in [0.4, 0.5) is 0 Å². The molecule has 20 heavy (non-hydrogen) atoms. The van der Waals surface area contributed by atoms with Gasteiger partial charge >= 0.3 is 0 Å². The molecule has 3 rings (SSSR count). The lowest BCUT2D eigenvalue weighted by Gasteiger charge is -2.31. The molecule has 1 unspecified atom stereocenters. The maximum Gasteiger partial charge on any atom is 0.222 e. The van der Waals surface area contributed by atoms with Gasteiger partial charge in [-0.15, -0.1) is 11.6 Å². The lowest BCUT2D eigenvalue weighted by molar-refractivity contribution is -0.132. The Kier molecular flexibility index (Phi) is 3.61. The number of piperidine rings is 1. The second kappa shape index (κ2) is 5.26. The fourth-order valence-corrected chi connectivity index (χ4v) is 3.29. The van der Waals surface area contributed by atoms with Crippen LogP contribution in [0, 0.1) is 0 Å². The number of nitrogens with zero attached hydrogens (tertiary/aromatic N) is 3. The highest BCUT2D eigenvalue weighted by molar-refractivity contribution is 6.35. The summed E-state index contributed by atoms with van der Waals surface area (Å²) in [6.07, 6.45) is 1.34. The van der Waals surface area contributed by atoms with Crippen LogP contribution in [0.1, 0.15) is 24.7 Å². The minimum Gasteiger partial charge on any atom is -0.344 e. The fraction of sp³-hybridized carbons (Fsp3) is 0.429. The smallest absolute Gasteiger partial charge is 0.222 e. The number of fused-ring (bicyclic) bond motifs is 1. The average molecular weight is 312 g/mol. The van der Waals surface area contributed by atoms with Gasteiger partial charge in [0.2, 0.25) is 5.91 Å². The highest BCUT2D eigenvalue weighted by Crippen LogP contribution is 2.32. The standard InChI is InChI=1S/C14H15Cl2N3O/c1-18-8-9(5-6-13(18)20)19-12(7-15)17-11-4-2-3-10(16)14(11)19/h2-4,9H,5-8H2,1H3. The summed E-state index contributed by atoms with van der Waals surface area (Å²) in [6, 6.07) is 5.86. The molecule has 1 aliphatic rings. The molecule has 0 radical (unpaired) electrons. The van der Waals surface area contributed by atoms with E-state index in [0.29, 0.717) is 23.9 Å². The first-order valence-corrected chi connectivity index (χ1v) is 7.48. The first-order valence-electron chi connectivity index (χ1n) is 6.57. The summed E-state index contributed by atoms with van der Waals surface area (Å²) in [5, 5.41) is 0.672. The molecule has 2 heterocycles. The van der Waals surface area contributed by atoms with Gasteiger partial charge in [-0.2, -0.15) is 0 Å². The maximum absolute atomic E-state index is 11.6. The molecular formula is C14H15Cl2N3O. The van der Waals surface area contributed by atoms with Crippen LogP contribution < -0.4 is 0 Å². The Balaban J connectivity index is 2.12. The van der Waals surface area contributed by atoms with Crippen LogP contribution in [-0.4, -0.2) is 34.0 Å². The maximum atomic E-state index is 11.6. The highest BCUT2D eigenvalue weighted by Gasteiger charge is 2.27. The molecule has 0 N–H and O–H groups in total. The lowest BCUT2D eigenvalue weighted by Crippen LogP contribution is -2.38. The van der Waals surface area contributed by atoms with Crippen molar-refractivity contribution in [2.75, 3.05) is 13.6 Å². The predicted molar refractivity (Wildman–Crippen MR) is 80.2 cm³/mol. The normalized spacial score (nSPS) is 19.9. The average Bonchev–Trinajstić information content (AvgIpc) is 2.82. The van der Waals surface area contributed by atoms with Crippen molar-refractivity contribution < 1.29 is 4.79 Å². The zero-order valence-corrected chi connectivity index (χ0v) is 12.7. The van der Waals surface area contributed by atoms with Crippen molar-refractivity contribution in [1.29, 1.82) is 0 Å². The molecule has 1 amide bonds. The Morgan fingerprint density at radius 1 is 1.45 bits per heavy atom. The Hall–Kier alpha value is -1.26. The minimum absolute atomic E-state index is 0.177. The first kappa shape index (κ1) is 13.7. The van der Waals surface area contributed by atoms with Crippen molar-refractivity contribution in [2.24, 2.45) is 0 Å². The Bertz CT molecular complexity index is 668. The summed E-state index contributed by atoms with van der Waals surface area (Å²) in [6.45, 7) is 0.666. The molecule has 4 nitrogen and oxygen atoms in total. The van der Waals surface area contributed by atoms with E-state index in [9.17, 15) is 4.79 Å². The molecule has 0 aliphatic carbocycles. The monoisotopic (exact) mass is 311 g/mol. The number of rotatable bonds is 2. The van der Waals surface area contributed by atoms with Gasteiger partial charge in [-0.05, 0) is 18.6 Å². The van der Waals surface area contributed by atoms with Crippen molar-refractivity contribution in [3.8, 4) is 0 Å². The molecule has 0 spiro atoms. The van der Waals surface area contributed by atoms with Crippen molar-refractivity contribution >= 4 is 40.1 Å². The third kappa shape index (κ3) is 2.17. The van der Waals surface area contributed by atoms with E-state index in [-0.39, 0.29) is 11.9 Å². The number of alkyl halides is 1. The van der Waals surface area contributed by atoms with Crippen molar-refractivity contribution in [2.45, 2.75) is 24.8 Å². The summed E-state index contributed by atoms with van der Waals surface area (Å²) < 4.78 is 2.10. The van der Waals surface area contributed by atoms with Crippen LogP contribution in [0.25, 0.3) is 11.0 Å². The van der Waals surface area contributed by atoms with E-state index in [1.54, 1.807) is 4.90 Å². The third-order valence-electron chi connectivity index (χ3n) is 3.82. The largest absolute Gasteiger partial charge is 0.344 e. The molecule has 1 aromatic heterocycles. The molecule has 0 bridgehead atoms. The van der Waals surface area contributed by atoms with Gasteiger partial charge in [-0.1, -0.05) is 17.7 Å². The molecule has 1 aliphatic heterocycles. The number of likely N-dealkylation sites (tertiary alicyclic amines) is 1. The number of para-hydroxylation sites is 1. The van der Waals surface area contributed by atoms with Crippen molar-refractivity contribution in [3.63, 3.8) is 0 Å². The van der Waals surface area contributed by atoms with Crippen molar-refractivity contribution in [3.05, 3.63) is 29.0 Å². The number of carbonyl (C=O) groups is 1. The molecule has 1 atom stereocenters. The summed E-state index contributed by atoms with van der Waals surface area (Å²) in [5.74, 6) is 1.32. The van der Waals surface area contributed by atoms with E-state index in [1.807, 2.05) is 25.2 Å². The SMILES string of the molecule is CN1CC(n2c(CCl)nc3cccc(Cl)c32)CCC1=O. The van der Waals surface area contributed by atoms with Crippen LogP contribution in [0.2, 0.25) is 5.02 Å². The van der Waals surface area contributed by atoms with E-state index in [1.165, 1.54) is 0 Å². The van der Waals surface area contributed by atoms with Gasteiger partial charge < -0.3 is 9.47 Å². The highest BCUT2D eigenvalue weighted by atomic mass is 35.5. The predicted octanol–water partition coefficient (Wildman–Crippen LogP) is 3.22. The third-order valence-corrected chi connectivity index (χ3v) is 4.36. The number of amides is 1. The number of aromatic nitrogens is 2. The Labute approximate surface area is 127 Å². The van der Waals surface area contributed by atoms with Gasteiger partial charge in [0, 0.05) is 20.0 Å². The lowest BCUT2D eigenvalue weighted by atomic mass is 10.1. The molecule has 106 valence electrons. The van der Waals surface area contributed by atoms with Gasteiger partial charge in [-0.3, -0.25) is 4.79 Å². The number of imidazole rings is 1. The number of benzene rings is 1. The number of likely N-dealkylation sites (N-methyl/N-ethyl adjacent to an activating group) is 1. The summed E-state index contributed by atoms with van der Waals surface area (Å²) in [4.78, 5) is 18.0. The van der Waals surface area contributed by atoms with Crippen LogP contribution in [0.15, 0.2) is 18.2 Å². The second-order valence-corrected chi connectivity index (χ2v) is 5.78. The minimum atomic E-state index is 0.177. The zero-order chi connectivity index (χ0) is 14.3. The summed E-state index contributed by atoms with van der Waals surface area (Å²) in [7, 11) is 1.83.